The van der Waals surface area contributed by atoms with Crippen LogP contribution in [0.2, 0.25) is 0 Å². The van der Waals surface area contributed by atoms with E-state index in [0.29, 0.717) is 25.0 Å². The number of piperidine rings is 1. The van der Waals surface area contributed by atoms with E-state index in [1.807, 2.05) is 18.0 Å². The largest absolute Gasteiger partial charge is 0.392 e. The maximum absolute atomic E-state index is 12.6. The van der Waals surface area contributed by atoms with Gasteiger partial charge in [-0.15, -0.1) is 24.8 Å². The van der Waals surface area contributed by atoms with Gasteiger partial charge in [-0.3, -0.25) is 9.69 Å². The Labute approximate surface area is 168 Å². The highest BCUT2D eigenvalue weighted by molar-refractivity contribution is 5.85. The number of nitrogens with zero attached hydrogens (tertiary/aromatic N) is 2. The van der Waals surface area contributed by atoms with Crippen LogP contribution in [0.5, 0.6) is 0 Å². The zero-order valence-electron chi connectivity index (χ0n) is 15.5. The molecule has 2 N–H and O–H groups in total. The summed E-state index contributed by atoms with van der Waals surface area (Å²) in [5.41, 5.74) is 1.34. The van der Waals surface area contributed by atoms with E-state index in [1.165, 1.54) is 5.56 Å². The number of aliphatic hydroxyl groups is 1. The third-order valence-corrected chi connectivity index (χ3v) is 5.52. The third kappa shape index (κ3) is 5.57. The van der Waals surface area contributed by atoms with Crippen molar-refractivity contribution in [3.05, 3.63) is 35.9 Å². The zero-order valence-corrected chi connectivity index (χ0v) is 17.1. The number of benzene rings is 1. The van der Waals surface area contributed by atoms with Crippen LogP contribution in [0.25, 0.3) is 0 Å². The fourth-order valence-corrected chi connectivity index (χ4v) is 3.93. The molecule has 26 heavy (non-hydrogen) atoms. The van der Waals surface area contributed by atoms with E-state index < -0.39 is 0 Å². The number of nitrogens with one attached hydrogen (secondary N) is 1. The molecule has 2 aliphatic rings. The van der Waals surface area contributed by atoms with E-state index in [1.54, 1.807) is 0 Å². The van der Waals surface area contributed by atoms with Crippen molar-refractivity contribution >= 4 is 30.7 Å². The van der Waals surface area contributed by atoms with Gasteiger partial charge >= 0.3 is 0 Å². The summed E-state index contributed by atoms with van der Waals surface area (Å²) in [4.78, 5) is 17.0. The van der Waals surface area contributed by atoms with Crippen molar-refractivity contribution in [2.75, 3.05) is 20.1 Å². The van der Waals surface area contributed by atoms with E-state index in [-0.39, 0.29) is 42.9 Å². The lowest BCUT2D eigenvalue weighted by molar-refractivity contribution is -0.135. The number of carbonyl (C=O) groups is 1. The summed E-state index contributed by atoms with van der Waals surface area (Å²) in [5.74, 6) is 0.125. The molecule has 0 spiro atoms. The van der Waals surface area contributed by atoms with Crippen LogP contribution < -0.4 is 5.32 Å². The fraction of sp³-hybridized carbons (Fsp3) is 0.632. The summed E-state index contributed by atoms with van der Waals surface area (Å²) in [6.07, 6.45) is 2.16. The highest BCUT2D eigenvalue weighted by Crippen LogP contribution is 2.24. The first kappa shape index (κ1) is 23.2. The molecule has 2 saturated heterocycles. The molecule has 1 aromatic carbocycles. The summed E-state index contributed by atoms with van der Waals surface area (Å²) < 4.78 is 0. The number of aliphatic hydroxyl groups excluding tert-OH is 1. The molecule has 2 heterocycles. The Bertz CT molecular complexity index is 561. The highest BCUT2D eigenvalue weighted by Gasteiger charge is 2.35. The second-order valence-electron chi connectivity index (χ2n) is 7.28. The van der Waals surface area contributed by atoms with Crippen LogP contribution in [0.1, 0.15) is 31.7 Å². The lowest BCUT2D eigenvalue weighted by Crippen LogP contribution is -2.52. The van der Waals surface area contributed by atoms with Gasteiger partial charge in [0.15, 0.2) is 0 Å². The molecule has 2 aliphatic heterocycles. The average molecular weight is 404 g/mol. The van der Waals surface area contributed by atoms with Crippen molar-refractivity contribution < 1.29 is 9.90 Å². The van der Waals surface area contributed by atoms with Gasteiger partial charge in [0.1, 0.15) is 0 Å². The Morgan fingerprint density at radius 1 is 1.27 bits per heavy atom. The van der Waals surface area contributed by atoms with Crippen LogP contribution in [0.4, 0.5) is 0 Å². The Kier molecular flexibility index (Phi) is 9.34. The lowest BCUT2D eigenvalue weighted by Gasteiger charge is -2.41. The molecule has 0 radical (unpaired) electrons. The molecule has 7 heteroatoms. The lowest BCUT2D eigenvalue weighted by atomic mass is 9.96. The molecule has 1 aromatic rings. The Morgan fingerprint density at radius 2 is 1.96 bits per heavy atom. The molecule has 0 bridgehead atoms. The number of likely N-dealkylation sites (N-methyl/N-ethyl adjacent to an activating group) is 1. The van der Waals surface area contributed by atoms with E-state index in [0.717, 1.165) is 25.9 Å². The topological polar surface area (TPSA) is 55.8 Å². The molecule has 148 valence electrons. The van der Waals surface area contributed by atoms with Gasteiger partial charge < -0.3 is 15.3 Å². The SMILES string of the molecule is CC1CC(N(C)C(=O)C2CC(O)CN2)CCN1Cc1ccccc1.Cl.Cl. The van der Waals surface area contributed by atoms with E-state index in [4.69, 9.17) is 0 Å². The summed E-state index contributed by atoms with van der Waals surface area (Å²) in [6, 6.07) is 11.1. The van der Waals surface area contributed by atoms with Gasteiger partial charge in [0.05, 0.1) is 12.1 Å². The molecule has 4 unspecified atom stereocenters. The van der Waals surface area contributed by atoms with Gasteiger partial charge in [0, 0.05) is 38.8 Å². The van der Waals surface area contributed by atoms with Gasteiger partial charge in [-0.1, -0.05) is 30.3 Å². The monoisotopic (exact) mass is 403 g/mol. The summed E-state index contributed by atoms with van der Waals surface area (Å²) in [5, 5.41) is 12.7. The minimum Gasteiger partial charge on any atom is -0.392 e. The normalized spacial score (nSPS) is 28.7. The molecular weight excluding hydrogens is 373 g/mol. The van der Waals surface area contributed by atoms with Crippen molar-refractivity contribution in [1.82, 2.24) is 15.1 Å². The maximum atomic E-state index is 12.6. The summed E-state index contributed by atoms with van der Waals surface area (Å²) >= 11 is 0. The van der Waals surface area contributed by atoms with Gasteiger partial charge in [-0.05, 0) is 31.7 Å². The molecule has 1 amide bonds. The smallest absolute Gasteiger partial charge is 0.239 e. The first-order valence-corrected chi connectivity index (χ1v) is 9.00. The number of β-amino-alcohol motifs (C(OH)–C–C–N with tert-alkyl or cyclic N) is 1. The highest BCUT2D eigenvalue weighted by atomic mass is 35.5. The number of likely N-dealkylation sites (tertiary alicyclic amines) is 1. The number of halogens is 2. The van der Waals surface area contributed by atoms with E-state index in [9.17, 15) is 9.90 Å². The molecular formula is C19H31Cl2N3O2. The number of hydrogen-bond donors (Lipinski definition) is 2. The minimum absolute atomic E-state index is 0. The molecule has 0 aromatic heterocycles. The van der Waals surface area contributed by atoms with Crippen LogP contribution in [0, 0.1) is 0 Å². The second kappa shape index (κ2) is 10.5. The van der Waals surface area contributed by atoms with Crippen molar-refractivity contribution in [2.45, 2.75) is 57.0 Å². The second-order valence-corrected chi connectivity index (χ2v) is 7.28. The average Bonchev–Trinajstić information content (AvgIpc) is 3.03. The number of rotatable bonds is 4. The van der Waals surface area contributed by atoms with E-state index in [2.05, 4.69) is 41.4 Å². The zero-order chi connectivity index (χ0) is 17.1. The Hall–Kier alpha value is -0.850. The van der Waals surface area contributed by atoms with Crippen LogP contribution in [-0.4, -0.2) is 65.2 Å². The van der Waals surface area contributed by atoms with Crippen LogP contribution in [0.15, 0.2) is 30.3 Å². The number of hydrogen-bond acceptors (Lipinski definition) is 4. The Balaban J connectivity index is 0.00000169. The quantitative estimate of drug-likeness (QED) is 0.807. The predicted octanol–water partition coefficient (Wildman–Crippen LogP) is 2.06. The van der Waals surface area contributed by atoms with Crippen molar-refractivity contribution in [1.29, 1.82) is 0 Å². The van der Waals surface area contributed by atoms with Gasteiger partial charge in [-0.25, -0.2) is 0 Å². The summed E-state index contributed by atoms with van der Waals surface area (Å²) in [6.45, 7) is 4.77. The first-order valence-electron chi connectivity index (χ1n) is 9.00. The summed E-state index contributed by atoms with van der Waals surface area (Å²) in [7, 11) is 1.92. The van der Waals surface area contributed by atoms with Crippen LogP contribution in [0.3, 0.4) is 0 Å². The Morgan fingerprint density at radius 3 is 2.54 bits per heavy atom. The van der Waals surface area contributed by atoms with Crippen molar-refractivity contribution in [3.8, 4) is 0 Å². The molecule has 0 aliphatic carbocycles. The van der Waals surface area contributed by atoms with E-state index >= 15 is 0 Å². The standard InChI is InChI=1S/C19H29N3O2.2ClH/c1-14-10-16(21(2)19(24)18-11-17(23)12-20-18)8-9-22(14)13-15-6-4-3-5-7-15;;/h3-7,14,16-18,20,23H,8-13H2,1-2H3;2*1H. The van der Waals surface area contributed by atoms with Gasteiger partial charge in [0.2, 0.25) is 5.91 Å². The minimum atomic E-state index is -0.390. The third-order valence-electron chi connectivity index (χ3n) is 5.52. The number of carbonyl (C=O) groups excluding carboxylic acids is 1. The van der Waals surface area contributed by atoms with Crippen LogP contribution >= 0.6 is 24.8 Å². The molecule has 4 atom stereocenters. The molecule has 0 saturated carbocycles. The van der Waals surface area contributed by atoms with Gasteiger partial charge in [-0.2, -0.15) is 0 Å². The first-order chi connectivity index (χ1) is 11.5. The van der Waals surface area contributed by atoms with Crippen LogP contribution in [-0.2, 0) is 11.3 Å². The molecule has 5 nitrogen and oxygen atoms in total. The number of amides is 1. The fourth-order valence-electron chi connectivity index (χ4n) is 3.93. The van der Waals surface area contributed by atoms with Crippen molar-refractivity contribution in [3.63, 3.8) is 0 Å². The molecule has 2 fully saturated rings. The predicted molar refractivity (Wildman–Crippen MR) is 109 cm³/mol. The van der Waals surface area contributed by atoms with Crippen molar-refractivity contribution in [2.24, 2.45) is 0 Å². The van der Waals surface area contributed by atoms with Gasteiger partial charge in [0.25, 0.3) is 0 Å². The molecule has 3 rings (SSSR count). The maximum Gasteiger partial charge on any atom is 0.239 e.